The highest BCUT2D eigenvalue weighted by Gasteiger charge is 2.18. The predicted octanol–water partition coefficient (Wildman–Crippen LogP) is 3.20. The van der Waals surface area contributed by atoms with Gasteiger partial charge in [-0.2, -0.15) is 0 Å². The van der Waals surface area contributed by atoms with Crippen LogP contribution in [0.1, 0.15) is 38.2 Å². The van der Waals surface area contributed by atoms with Gasteiger partial charge in [0, 0.05) is 10.7 Å². The molecule has 0 aromatic carbocycles. The summed E-state index contributed by atoms with van der Waals surface area (Å²) >= 11 is 3.29. The Morgan fingerprint density at radius 1 is 1.29 bits per heavy atom. The molecule has 1 aromatic heterocycles. The molecule has 0 unspecified atom stereocenters. The highest BCUT2D eigenvalue weighted by Crippen LogP contribution is 2.23. The van der Waals surface area contributed by atoms with Crippen LogP contribution in [0.5, 0.6) is 5.75 Å². The lowest BCUT2D eigenvalue weighted by Crippen LogP contribution is -2.16. The van der Waals surface area contributed by atoms with Gasteiger partial charge in [0.05, 0.1) is 12.2 Å². The maximum absolute atomic E-state index is 11.8. The van der Waals surface area contributed by atoms with Crippen LogP contribution in [-0.2, 0) is 4.74 Å². The maximum Gasteiger partial charge on any atom is 0.361 e. The molecule has 1 aromatic rings. The number of aromatic nitrogens is 1. The first-order chi connectivity index (χ1) is 7.90. The number of esters is 1. The Hall–Kier alpha value is -1.10. The van der Waals surface area contributed by atoms with Crippen molar-refractivity contribution in [2.75, 3.05) is 0 Å². The average molecular weight is 302 g/mol. The molecule has 0 spiro atoms. The monoisotopic (exact) mass is 301 g/mol. The number of pyridine rings is 1. The van der Waals surface area contributed by atoms with Crippen molar-refractivity contribution in [3.05, 3.63) is 22.4 Å². The summed E-state index contributed by atoms with van der Waals surface area (Å²) in [5.41, 5.74) is 0.204. The molecule has 0 bridgehead atoms. The molecule has 0 aliphatic carbocycles. The molecule has 1 rings (SSSR count). The quantitative estimate of drug-likeness (QED) is 0.801. The van der Waals surface area contributed by atoms with Crippen molar-refractivity contribution in [2.24, 2.45) is 0 Å². The molecule has 0 N–H and O–H groups in total. The number of nitrogens with zero attached hydrogens (tertiary/aromatic N) is 1. The van der Waals surface area contributed by atoms with Crippen molar-refractivity contribution < 1.29 is 14.3 Å². The van der Waals surface area contributed by atoms with Gasteiger partial charge in [-0.1, -0.05) is 0 Å². The van der Waals surface area contributed by atoms with Crippen molar-refractivity contribution in [1.82, 2.24) is 4.98 Å². The lowest BCUT2D eigenvalue weighted by molar-refractivity contribution is 0.0364. The third kappa shape index (κ3) is 4.34. The fraction of sp³-hybridized carbons (Fsp3) is 0.500. The van der Waals surface area contributed by atoms with Crippen LogP contribution in [0, 0.1) is 0 Å². The van der Waals surface area contributed by atoms with Crippen LogP contribution in [0.3, 0.4) is 0 Å². The summed E-state index contributed by atoms with van der Waals surface area (Å²) in [5, 5.41) is 0. The molecule has 0 amide bonds. The highest BCUT2D eigenvalue weighted by molar-refractivity contribution is 9.10. The second kappa shape index (κ2) is 6.00. The SMILES string of the molecule is CC(C)OC(=O)c1ncc(Br)cc1OC(C)C. The molecule has 5 heteroatoms. The Balaban J connectivity index is 3.01. The van der Waals surface area contributed by atoms with Crippen molar-refractivity contribution >= 4 is 21.9 Å². The van der Waals surface area contributed by atoms with Gasteiger partial charge in [0.15, 0.2) is 11.4 Å². The van der Waals surface area contributed by atoms with Crippen molar-refractivity contribution in [3.8, 4) is 5.75 Å². The van der Waals surface area contributed by atoms with E-state index in [0.29, 0.717) is 5.75 Å². The van der Waals surface area contributed by atoms with Crippen LogP contribution >= 0.6 is 15.9 Å². The van der Waals surface area contributed by atoms with Gasteiger partial charge in [0.2, 0.25) is 0 Å². The molecule has 4 nitrogen and oxygen atoms in total. The molecule has 0 saturated heterocycles. The van der Waals surface area contributed by atoms with E-state index in [2.05, 4.69) is 20.9 Å². The number of halogens is 1. The number of ether oxygens (including phenoxy) is 2. The summed E-state index contributed by atoms with van der Waals surface area (Å²) < 4.78 is 11.4. The largest absolute Gasteiger partial charge is 0.488 e. The van der Waals surface area contributed by atoms with E-state index in [9.17, 15) is 4.79 Å². The molecule has 0 fully saturated rings. The smallest absolute Gasteiger partial charge is 0.361 e. The fourth-order valence-electron chi connectivity index (χ4n) is 1.19. The Morgan fingerprint density at radius 3 is 2.47 bits per heavy atom. The van der Waals surface area contributed by atoms with Crippen LogP contribution in [-0.4, -0.2) is 23.2 Å². The van der Waals surface area contributed by atoms with Gasteiger partial charge in [-0.05, 0) is 49.7 Å². The molecule has 0 aliphatic heterocycles. The lowest BCUT2D eigenvalue weighted by atomic mass is 10.3. The number of hydrogen-bond donors (Lipinski definition) is 0. The third-order valence-corrected chi connectivity index (χ3v) is 2.15. The Kier molecular flexibility index (Phi) is 4.93. The topological polar surface area (TPSA) is 48.4 Å². The Morgan fingerprint density at radius 2 is 1.94 bits per heavy atom. The van der Waals surface area contributed by atoms with Gasteiger partial charge in [0.1, 0.15) is 0 Å². The summed E-state index contributed by atoms with van der Waals surface area (Å²) in [7, 11) is 0. The molecule has 0 saturated carbocycles. The normalized spacial score (nSPS) is 10.8. The van der Waals surface area contributed by atoms with E-state index >= 15 is 0 Å². The first-order valence-electron chi connectivity index (χ1n) is 5.43. The van der Waals surface area contributed by atoms with Crippen LogP contribution < -0.4 is 4.74 Å². The van der Waals surface area contributed by atoms with E-state index in [4.69, 9.17) is 9.47 Å². The predicted molar refractivity (Wildman–Crippen MR) is 68.3 cm³/mol. The molecule has 0 atom stereocenters. The van der Waals surface area contributed by atoms with E-state index in [-0.39, 0.29) is 17.9 Å². The summed E-state index contributed by atoms with van der Waals surface area (Å²) in [5.74, 6) is -0.0387. The van der Waals surface area contributed by atoms with Gasteiger partial charge in [0.25, 0.3) is 0 Å². The zero-order chi connectivity index (χ0) is 13.0. The van der Waals surface area contributed by atoms with E-state index in [1.807, 2.05) is 13.8 Å². The molecule has 0 aliphatic rings. The van der Waals surface area contributed by atoms with Gasteiger partial charge in [-0.3, -0.25) is 0 Å². The maximum atomic E-state index is 11.8. The van der Waals surface area contributed by atoms with Crippen LogP contribution in [0.4, 0.5) is 0 Å². The Labute approximate surface area is 109 Å². The molecular weight excluding hydrogens is 286 g/mol. The van der Waals surface area contributed by atoms with E-state index in [0.717, 1.165) is 4.47 Å². The summed E-state index contributed by atoms with van der Waals surface area (Å²) in [6, 6.07) is 1.71. The zero-order valence-electron chi connectivity index (χ0n) is 10.4. The second-order valence-corrected chi connectivity index (χ2v) is 5.04. The standard InChI is InChI=1S/C12H16BrNO3/c1-7(2)16-10-5-9(13)6-14-11(10)12(15)17-8(3)4/h5-8H,1-4H3. The molecule has 17 heavy (non-hydrogen) atoms. The van der Waals surface area contributed by atoms with Crippen molar-refractivity contribution in [3.63, 3.8) is 0 Å². The van der Waals surface area contributed by atoms with Crippen LogP contribution in [0.15, 0.2) is 16.7 Å². The van der Waals surface area contributed by atoms with Crippen LogP contribution in [0.25, 0.3) is 0 Å². The second-order valence-electron chi connectivity index (χ2n) is 4.12. The van der Waals surface area contributed by atoms with Gasteiger partial charge in [-0.15, -0.1) is 0 Å². The minimum atomic E-state index is -0.469. The number of carbonyl (C=O) groups excluding carboxylic acids is 1. The van der Waals surface area contributed by atoms with Gasteiger partial charge >= 0.3 is 5.97 Å². The highest BCUT2D eigenvalue weighted by atomic mass is 79.9. The lowest BCUT2D eigenvalue weighted by Gasteiger charge is -2.14. The zero-order valence-corrected chi connectivity index (χ0v) is 11.9. The molecule has 0 radical (unpaired) electrons. The van der Waals surface area contributed by atoms with E-state index < -0.39 is 5.97 Å². The molecule has 94 valence electrons. The summed E-state index contributed by atoms with van der Waals surface area (Å²) in [6.07, 6.45) is 1.33. The minimum Gasteiger partial charge on any atom is -0.488 e. The van der Waals surface area contributed by atoms with Crippen molar-refractivity contribution in [2.45, 2.75) is 39.9 Å². The summed E-state index contributed by atoms with van der Waals surface area (Å²) in [4.78, 5) is 15.8. The van der Waals surface area contributed by atoms with E-state index in [1.165, 1.54) is 0 Å². The first-order valence-corrected chi connectivity index (χ1v) is 6.22. The molecule has 1 heterocycles. The summed E-state index contributed by atoms with van der Waals surface area (Å²) in [6.45, 7) is 7.36. The van der Waals surface area contributed by atoms with Gasteiger partial charge in [-0.25, -0.2) is 9.78 Å². The van der Waals surface area contributed by atoms with Gasteiger partial charge < -0.3 is 9.47 Å². The number of hydrogen-bond acceptors (Lipinski definition) is 4. The minimum absolute atomic E-state index is 0.0308. The molecular formula is C12H16BrNO3. The third-order valence-electron chi connectivity index (χ3n) is 1.72. The number of carbonyl (C=O) groups is 1. The van der Waals surface area contributed by atoms with Crippen molar-refractivity contribution in [1.29, 1.82) is 0 Å². The van der Waals surface area contributed by atoms with Crippen LogP contribution in [0.2, 0.25) is 0 Å². The van der Waals surface area contributed by atoms with E-state index in [1.54, 1.807) is 26.1 Å². The first kappa shape index (κ1) is 14.0. The average Bonchev–Trinajstić information content (AvgIpc) is 2.15. The Bertz CT molecular complexity index is 405. The fourth-order valence-corrected chi connectivity index (χ4v) is 1.50. The number of rotatable bonds is 4.